The van der Waals surface area contributed by atoms with Gasteiger partial charge in [0.1, 0.15) is 11.9 Å². The molecule has 0 radical (unpaired) electrons. The summed E-state index contributed by atoms with van der Waals surface area (Å²) >= 11 is 0. The molecule has 1 atom stereocenters. The summed E-state index contributed by atoms with van der Waals surface area (Å²) < 4.78 is 1.43. The smallest absolute Gasteiger partial charge is 0.262 e. The molecule has 1 aromatic carbocycles. The molecule has 1 fully saturated rings. The predicted molar refractivity (Wildman–Crippen MR) is 87.6 cm³/mol. The SMILES string of the molecule is Cc1nc2cc3c(cc2c(=O)n1[C@@H]1CCC(=O)NC1=O)CCNC3. The van der Waals surface area contributed by atoms with Gasteiger partial charge in [-0.3, -0.25) is 24.3 Å². The second kappa shape index (κ2) is 5.52. The van der Waals surface area contributed by atoms with E-state index in [1.54, 1.807) is 6.92 Å². The summed E-state index contributed by atoms with van der Waals surface area (Å²) in [5.74, 6) is -0.234. The Hall–Kier alpha value is -2.54. The molecule has 3 heterocycles. The van der Waals surface area contributed by atoms with E-state index in [0.717, 1.165) is 25.1 Å². The van der Waals surface area contributed by atoms with Crippen molar-refractivity contribution in [3.8, 4) is 0 Å². The number of carbonyl (C=O) groups excluding carboxylic acids is 2. The van der Waals surface area contributed by atoms with E-state index in [1.165, 1.54) is 10.1 Å². The molecule has 2 aliphatic rings. The Morgan fingerprint density at radius 3 is 2.79 bits per heavy atom. The van der Waals surface area contributed by atoms with E-state index in [2.05, 4.69) is 15.6 Å². The molecule has 2 aliphatic heterocycles. The Morgan fingerprint density at radius 2 is 2.00 bits per heavy atom. The molecule has 2 amide bonds. The highest BCUT2D eigenvalue weighted by molar-refractivity contribution is 5.99. The van der Waals surface area contributed by atoms with Crippen LogP contribution in [-0.2, 0) is 22.6 Å². The molecule has 2 aromatic rings. The van der Waals surface area contributed by atoms with Gasteiger partial charge in [-0.15, -0.1) is 0 Å². The maximum absolute atomic E-state index is 13.0. The van der Waals surface area contributed by atoms with Gasteiger partial charge in [0.05, 0.1) is 10.9 Å². The molecule has 0 bridgehead atoms. The fourth-order valence-corrected chi connectivity index (χ4v) is 3.58. The van der Waals surface area contributed by atoms with Crippen molar-refractivity contribution in [2.45, 2.75) is 38.8 Å². The van der Waals surface area contributed by atoms with Crippen molar-refractivity contribution in [2.75, 3.05) is 6.54 Å². The Bertz CT molecular complexity index is 932. The second-order valence-corrected chi connectivity index (χ2v) is 6.37. The molecule has 2 N–H and O–H groups in total. The lowest BCUT2D eigenvalue weighted by molar-refractivity contribution is -0.135. The van der Waals surface area contributed by atoms with Crippen molar-refractivity contribution in [1.82, 2.24) is 20.2 Å². The molecular formula is C17H18N4O3. The van der Waals surface area contributed by atoms with Crippen molar-refractivity contribution in [1.29, 1.82) is 0 Å². The third kappa shape index (κ3) is 2.32. The fourth-order valence-electron chi connectivity index (χ4n) is 3.58. The predicted octanol–water partition coefficient (Wildman–Crippen LogP) is 0.328. The molecule has 24 heavy (non-hydrogen) atoms. The number of amides is 2. The number of hydrogen-bond acceptors (Lipinski definition) is 5. The number of nitrogens with zero attached hydrogens (tertiary/aromatic N) is 2. The lowest BCUT2D eigenvalue weighted by Gasteiger charge is -2.25. The topological polar surface area (TPSA) is 93.1 Å². The Morgan fingerprint density at radius 1 is 1.17 bits per heavy atom. The summed E-state index contributed by atoms with van der Waals surface area (Å²) in [5, 5.41) is 6.15. The third-order valence-corrected chi connectivity index (χ3v) is 4.81. The Kier molecular flexibility index (Phi) is 3.45. The summed E-state index contributed by atoms with van der Waals surface area (Å²) in [4.78, 5) is 41.1. The summed E-state index contributed by atoms with van der Waals surface area (Å²) in [6.45, 7) is 3.39. The third-order valence-electron chi connectivity index (χ3n) is 4.81. The van der Waals surface area contributed by atoms with Crippen LogP contribution in [0.4, 0.5) is 0 Å². The lowest BCUT2D eigenvalue weighted by atomic mass is 9.98. The normalized spacial score (nSPS) is 20.8. The Balaban J connectivity index is 1.89. The minimum Gasteiger partial charge on any atom is -0.312 e. The van der Waals surface area contributed by atoms with Crippen molar-refractivity contribution in [3.05, 3.63) is 39.4 Å². The number of carbonyl (C=O) groups is 2. The minimum absolute atomic E-state index is 0.215. The van der Waals surface area contributed by atoms with Crippen LogP contribution in [0.3, 0.4) is 0 Å². The monoisotopic (exact) mass is 326 g/mol. The van der Waals surface area contributed by atoms with Crippen molar-refractivity contribution in [2.24, 2.45) is 0 Å². The lowest BCUT2D eigenvalue weighted by Crippen LogP contribution is -2.45. The number of imide groups is 1. The average molecular weight is 326 g/mol. The molecular weight excluding hydrogens is 308 g/mol. The number of benzene rings is 1. The second-order valence-electron chi connectivity index (χ2n) is 6.37. The first kappa shape index (κ1) is 15.0. The fraction of sp³-hybridized carbons (Fsp3) is 0.412. The molecule has 4 rings (SSSR count). The zero-order valence-corrected chi connectivity index (χ0v) is 13.4. The molecule has 0 aliphatic carbocycles. The van der Waals surface area contributed by atoms with Crippen molar-refractivity contribution >= 4 is 22.7 Å². The number of fused-ring (bicyclic) bond motifs is 2. The van der Waals surface area contributed by atoms with Gasteiger partial charge in [0.2, 0.25) is 11.8 Å². The number of aromatic nitrogens is 2. The molecule has 1 aromatic heterocycles. The van der Waals surface area contributed by atoms with Gasteiger partial charge in [-0.05, 0) is 49.6 Å². The van der Waals surface area contributed by atoms with Crippen LogP contribution < -0.4 is 16.2 Å². The summed E-state index contributed by atoms with van der Waals surface area (Å²) in [5.41, 5.74) is 2.76. The van der Waals surface area contributed by atoms with Gasteiger partial charge >= 0.3 is 0 Å². The first-order valence-corrected chi connectivity index (χ1v) is 8.13. The summed E-state index contributed by atoms with van der Waals surface area (Å²) in [6.07, 6.45) is 1.43. The van der Waals surface area contributed by atoms with E-state index < -0.39 is 11.9 Å². The van der Waals surface area contributed by atoms with Gasteiger partial charge in [-0.25, -0.2) is 4.98 Å². The van der Waals surface area contributed by atoms with Crippen LogP contribution in [0, 0.1) is 6.92 Å². The molecule has 124 valence electrons. The maximum Gasteiger partial charge on any atom is 0.262 e. The van der Waals surface area contributed by atoms with Crippen LogP contribution in [0.15, 0.2) is 16.9 Å². The number of hydrogen-bond donors (Lipinski definition) is 2. The molecule has 7 heteroatoms. The summed E-state index contributed by atoms with van der Waals surface area (Å²) in [7, 11) is 0. The number of aryl methyl sites for hydroxylation is 1. The number of nitrogens with one attached hydrogen (secondary N) is 2. The van der Waals surface area contributed by atoms with Gasteiger partial charge in [-0.2, -0.15) is 0 Å². The van der Waals surface area contributed by atoms with E-state index in [9.17, 15) is 14.4 Å². The van der Waals surface area contributed by atoms with Gasteiger partial charge in [0.15, 0.2) is 0 Å². The molecule has 0 unspecified atom stereocenters. The maximum atomic E-state index is 13.0. The standard InChI is InChI=1S/C17H18N4O3/c1-9-19-13-7-11-8-18-5-4-10(11)6-12(13)17(24)21(9)14-2-3-15(22)20-16(14)23/h6-7,14,18H,2-5,8H2,1H3,(H,20,22,23)/t14-/m1/s1. The number of rotatable bonds is 1. The number of piperidine rings is 1. The van der Waals surface area contributed by atoms with Crippen LogP contribution in [0.25, 0.3) is 10.9 Å². The van der Waals surface area contributed by atoms with Crippen LogP contribution in [-0.4, -0.2) is 27.9 Å². The van der Waals surface area contributed by atoms with Crippen molar-refractivity contribution in [3.63, 3.8) is 0 Å². The largest absolute Gasteiger partial charge is 0.312 e. The van der Waals surface area contributed by atoms with Gasteiger partial charge in [-0.1, -0.05) is 0 Å². The molecule has 1 saturated heterocycles. The first-order chi connectivity index (χ1) is 11.5. The van der Waals surface area contributed by atoms with Crippen LogP contribution in [0.2, 0.25) is 0 Å². The molecule has 0 saturated carbocycles. The van der Waals surface area contributed by atoms with Crippen LogP contribution in [0.1, 0.15) is 35.8 Å². The first-order valence-electron chi connectivity index (χ1n) is 8.13. The van der Waals surface area contributed by atoms with E-state index in [0.29, 0.717) is 23.1 Å². The minimum atomic E-state index is -0.676. The van der Waals surface area contributed by atoms with E-state index in [1.807, 2.05) is 12.1 Å². The highest BCUT2D eigenvalue weighted by Gasteiger charge is 2.30. The highest BCUT2D eigenvalue weighted by Crippen LogP contribution is 2.23. The summed E-state index contributed by atoms with van der Waals surface area (Å²) in [6, 6.07) is 3.19. The zero-order valence-electron chi connectivity index (χ0n) is 13.4. The van der Waals surface area contributed by atoms with Crippen LogP contribution >= 0.6 is 0 Å². The van der Waals surface area contributed by atoms with Gasteiger partial charge < -0.3 is 5.32 Å². The zero-order chi connectivity index (χ0) is 16.8. The highest BCUT2D eigenvalue weighted by atomic mass is 16.2. The Labute approximate surface area is 138 Å². The van der Waals surface area contributed by atoms with E-state index >= 15 is 0 Å². The van der Waals surface area contributed by atoms with E-state index in [-0.39, 0.29) is 17.9 Å². The van der Waals surface area contributed by atoms with Gasteiger partial charge in [0.25, 0.3) is 5.56 Å². The molecule has 7 nitrogen and oxygen atoms in total. The van der Waals surface area contributed by atoms with Crippen LogP contribution in [0.5, 0.6) is 0 Å². The molecule has 0 spiro atoms. The average Bonchev–Trinajstić information content (AvgIpc) is 2.55. The van der Waals surface area contributed by atoms with E-state index in [4.69, 9.17) is 0 Å². The van der Waals surface area contributed by atoms with Gasteiger partial charge in [0, 0.05) is 13.0 Å². The van der Waals surface area contributed by atoms with Crippen molar-refractivity contribution < 1.29 is 9.59 Å². The quantitative estimate of drug-likeness (QED) is 0.737.